The SMILES string of the molecule is Cc1cc(Nc2ccc([N+](=O)[O-])cn2)ccc1OC(C)C. The zero-order valence-corrected chi connectivity index (χ0v) is 12.2. The minimum Gasteiger partial charge on any atom is -0.491 e. The number of hydrogen-bond acceptors (Lipinski definition) is 5. The second-order valence-corrected chi connectivity index (χ2v) is 4.93. The van der Waals surface area contributed by atoms with E-state index in [4.69, 9.17) is 4.74 Å². The number of nitro groups is 1. The van der Waals surface area contributed by atoms with Gasteiger partial charge in [0.05, 0.1) is 11.0 Å². The number of hydrogen-bond donors (Lipinski definition) is 1. The van der Waals surface area contributed by atoms with Crippen LogP contribution >= 0.6 is 0 Å². The van der Waals surface area contributed by atoms with Crippen molar-refractivity contribution in [3.8, 4) is 5.75 Å². The molecule has 0 aliphatic rings. The number of anilines is 2. The van der Waals surface area contributed by atoms with Crippen molar-refractivity contribution in [2.24, 2.45) is 0 Å². The summed E-state index contributed by atoms with van der Waals surface area (Å²) in [5.74, 6) is 1.39. The highest BCUT2D eigenvalue weighted by molar-refractivity contribution is 5.59. The van der Waals surface area contributed by atoms with Crippen LogP contribution in [0.3, 0.4) is 0 Å². The number of aromatic nitrogens is 1. The normalized spacial score (nSPS) is 10.5. The zero-order valence-electron chi connectivity index (χ0n) is 12.2. The van der Waals surface area contributed by atoms with Crippen LogP contribution in [-0.2, 0) is 0 Å². The lowest BCUT2D eigenvalue weighted by atomic mass is 10.2. The summed E-state index contributed by atoms with van der Waals surface area (Å²) in [6.45, 7) is 5.92. The Kier molecular flexibility index (Phi) is 4.37. The van der Waals surface area contributed by atoms with E-state index in [9.17, 15) is 10.1 Å². The lowest BCUT2D eigenvalue weighted by molar-refractivity contribution is -0.385. The molecule has 0 amide bonds. The Hall–Kier alpha value is -2.63. The van der Waals surface area contributed by atoms with Gasteiger partial charge in [-0.1, -0.05) is 0 Å². The molecule has 0 unspecified atom stereocenters. The molecule has 0 fully saturated rings. The van der Waals surface area contributed by atoms with Crippen molar-refractivity contribution in [1.82, 2.24) is 4.98 Å². The molecule has 1 aromatic heterocycles. The van der Waals surface area contributed by atoms with Crippen LogP contribution in [-0.4, -0.2) is 16.0 Å². The fourth-order valence-corrected chi connectivity index (χ4v) is 1.83. The van der Waals surface area contributed by atoms with E-state index >= 15 is 0 Å². The van der Waals surface area contributed by atoms with E-state index in [0.717, 1.165) is 17.0 Å². The molecule has 0 saturated heterocycles. The largest absolute Gasteiger partial charge is 0.491 e. The molecule has 0 spiro atoms. The second kappa shape index (κ2) is 6.21. The van der Waals surface area contributed by atoms with Crippen LogP contribution in [0.25, 0.3) is 0 Å². The van der Waals surface area contributed by atoms with Gasteiger partial charge in [0, 0.05) is 11.8 Å². The second-order valence-electron chi connectivity index (χ2n) is 4.93. The topological polar surface area (TPSA) is 77.3 Å². The standard InChI is InChI=1S/C15H17N3O3/c1-10(2)21-14-6-4-12(8-11(14)3)17-15-7-5-13(9-16-15)18(19)20/h4-10H,1-3H3,(H,16,17). The van der Waals surface area contributed by atoms with Crippen LogP contribution in [0.15, 0.2) is 36.5 Å². The van der Waals surface area contributed by atoms with Crippen molar-refractivity contribution < 1.29 is 9.66 Å². The lowest BCUT2D eigenvalue weighted by Gasteiger charge is -2.14. The van der Waals surface area contributed by atoms with Gasteiger partial charge in [0.2, 0.25) is 0 Å². The number of ether oxygens (including phenoxy) is 1. The van der Waals surface area contributed by atoms with Gasteiger partial charge in [-0.3, -0.25) is 10.1 Å². The highest BCUT2D eigenvalue weighted by Gasteiger charge is 2.07. The molecular weight excluding hydrogens is 270 g/mol. The fraction of sp³-hybridized carbons (Fsp3) is 0.267. The van der Waals surface area contributed by atoms with Crippen molar-refractivity contribution in [2.45, 2.75) is 26.9 Å². The first kappa shape index (κ1) is 14.8. The van der Waals surface area contributed by atoms with E-state index in [2.05, 4.69) is 10.3 Å². The molecular formula is C15H17N3O3. The van der Waals surface area contributed by atoms with Gasteiger partial charge in [0.15, 0.2) is 0 Å². The van der Waals surface area contributed by atoms with Crippen LogP contribution in [0.4, 0.5) is 17.2 Å². The van der Waals surface area contributed by atoms with E-state index in [1.807, 2.05) is 39.0 Å². The van der Waals surface area contributed by atoms with Gasteiger partial charge >= 0.3 is 0 Å². The van der Waals surface area contributed by atoms with Gasteiger partial charge in [-0.05, 0) is 50.6 Å². The first-order chi connectivity index (χ1) is 9.95. The maximum absolute atomic E-state index is 10.6. The lowest BCUT2D eigenvalue weighted by Crippen LogP contribution is -2.06. The van der Waals surface area contributed by atoms with Gasteiger partial charge < -0.3 is 10.1 Å². The fourth-order valence-electron chi connectivity index (χ4n) is 1.83. The third kappa shape index (κ3) is 3.92. The molecule has 1 aromatic carbocycles. The van der Waals surface area contributed by atoms with E-state index < -0.39 is 4.92 Å². The number of nitrogens with zero attached hydrogens (tertiary/aromatic N) is 2. The van der Waals surface area contributed by atoms with Gasteiger partial charge in [0.25, 0.3) is 5.69 Å². The van der Waals surface area contributed by atoms with Crippen LogP contribution in [0.2, 0.25) is 0 Å². The molecule has 0 aliphatic carbocycles. The number of nitrogens with one attached hydrogen (secondary N) is 1. The van der Waals surface area contributed by atoms with Crippen molar-refractivity contribution in [3.63, 3.8) is 0 Å². The Labute approximate surface area is 122 Å². The zero-order chi connectivity index (χ0) is 15.4. The average Bonchev–Trinajstić information content (AvgIpc) is 2.42. The molecule has 1 heterocycles. The number of benzene rings is 1. The predicted molar refractivity (Wildman–Crippen MR) is 81.1 cm³/mol. The molecule has 0 atom stereocenters. The molecule has 0 radical (unpaired) electrons. The van der Waals surface area contributed by atoms with Gasteiger partial charge in [-0.2, -0.15) is 0 Å². The van der Waals surface area contributed by atoms with E-state index in [1.54, 1.807) is 6.07 Å². The smallest absolute Gasteiger partial charge is 0.287 e. The Balaban J connectivity index is 2.12. The quantitative estimate of drug-likeness (QED) is 0.668. The van der Waals surface area contributed by atoms with Crippen LogP contribution < -0.4 is 10.1 Å². The highest BCUT2D eigenvalue weighted by atomic mass is 16.6. The average molecular weight is 287 g/mol. The molecule has 21 heavy (non-hydrogen) atoms. The van der Waals surface area contributed by atoms with Crippen molar-refractivity contribution in [2.75, 3.05) is 5.32 Å². The maximum Gasteiger partial charge on any atom is 0.287 e. The Bertz CT molecular complexity index is 639. The Morgan fingerprint density at radius 2 is 2.05 bits per heavy atom. The first-order valence-electron chi connectivity index (χ1n) is 6.60. The summed E-state index contributed by atoms with van der Waals surface area (Å²) < 4.78 is 5.67. The Morgan fingerprint density at radius 3 is 2.57 bits per heavy atom. The third-order valence-electron chi connectivity index (χ3n) is 2.77. The van der Waals surface area contributed by atoms with Crippen molar-refractivity contribution in [3.05, 3.63) is 52.2 Å². The van der Waals surface area contributed by atoms with Crippen molar-refractivity contribution in [1.29, 1.82) is 0 Å². The van der Waals surface area contributed by atoms with E-state index in [-0.39, 0.29) is 11.8 Å². The summed E-state index contributed by atoms with van der Waals surface area (Å²) in [5.41, 5.74) is 1.83. The molecule has 6 heteroatoms. The van der Waals surface area contributed by atoms with Gasteiger partial charge in [-0.15, -0.1) is 0 Å². The molecule has 1 N–H and O–H groups in total. The third-order valence-corrected chi connectivity index (χ3v) is 2.77. The molecule has 2 aromatic rings. The maximum atomic E-state index is 10.6. The summed E-state index contributed by atoms with van der Waals surface area (Å²) in [5, 5.41) is 13.7. The number of aryl methyl sites for hydroxylation is 1. The van der Waals surface area contributed by atoms with E-state index in [1.165, 1.54) is 12.3 Å². The molecule has 0 saturated carbocycles. The molecule has 0 bridgehead atoms. The Morgan fingerprint density at radius 1 is 1.29 bits per heavy atom. The number of pyridine rings is 1. The summed E-state index contributed by atoms with van der Waals surface area (Å²) in [6.07, 6.45) is 1.35. The van der Waals surface area contributed by atoms with Gasteiger partial charge in [-0.25, -0.2) is 4.98 Å². The van der Waals surface area contributed by atoms with Crippen LogP contribution in [0, 0.1) is 17.0 Å². The summed E-state index contributed by atoms with van der Waals surface area (Å²) in [4.78, 5) is 14.1. The predicted octanol–water partition coefficient (Wildman–Crippen LogP) is 3.83. The minimum atomic E-state index is -0.473. The monoisotopic (exact) mass is 287 g/mol. The summed E-state index contributed by atoms with van der Waals surface area (Å²) >= 11 is 0. The molecule has 6 nitrogen and oxygen atoms in total. The minimum absolute atomic E-state index is 0.0302. The highest BCUT2D eigenvalue weighted by Crippen LogP contribution is 2.25. The van der Waals surface area contributed by atoms with Gasteiger partial charge in [0.1, 0.15) is 17.8 Å². The number of rotatable bonds is 5. The van der Waals surface area contributed by atoms with E-state index in [0.29, 0.717) is 5.82 Å². The molecule has 2 rings (SSSR count). The molecule has 0 aliphatic heterocycles. The van der Waals surface area contributed by atoms with Crippen molar-refractivity contribution >= 4 is 17.2 Å². The summed E-state index contributed by atoms with van der Waals surface area (Å²) in [6, 6.07) is 8.71. The van der Waals surface area contributed by atoms with Crippen LogP contribution in [0.5, 0.6) is 5.75 Å². The first-order valence-corrected chi connectivity index (χ1v) is 6.60. The summed E-state index contributed by atoms with van der Waals surface area (Å²) in [7, 11) is 0. The molecule has 110 valence electrons. The van der Waals surface area contributed by atoms with Crippen LogP contribution in [0.1, 0.15) is 19.4 Å².